The maximum atomic E-state index is 12.4. The summed E-state index contributed by atoms with van der Waals surface area (Å²) in [6, 6.07) is 8.00. The Kier molecular flexibility index (Phi) is 4.31. The molecular weight excluding hydrogens is 312 g/mol. The normalized spacial score (nSPS) is 30.4. The Balaban J connectivity index is 1.35. The van der Waals surface area contributed by atoms with Crippen molar-refractivity contribution in [2.24, 2.45) is 11.8 Å². The average Bonchev–Trinajstić information content (AvgIpc) is 3.29. The molecule has 0 radical (unpaired) electrons. The SMILES string of the molecule is O=C(NCC1CC1)C1CC2CN(Cc3cccc(Cl)c3)CC1O2. The van der Waals surface area contributed by atoms with Gasteiger partial charge in [0.25, 0.3) is 0 Å². The second kappa shape index (κ2) is 6.42. The molecule has 23 heavy (non-hydrogen) atoms. The number of hydrogen-bond acceptors (Lipinski definition) is 3. The first-order valence-electron chi connectivity index (χ1n) is 8.57. The highest BCUT2D eigenvalue weighted by Gasteiger charge is 2.44. The van der Waals surface area contributed by atoms with E-state index in [1.807, 2.05) is 18.2 Å². The van der Waals surface area contributed by atoms with E-state index < -0.39 is 0 Å². The van der Waals surface area contributed by atoms with Crippen molar-refractivity contribution < 1.29 is 9.53 Å². The van der Waals surface area contributed by atoms with Crippen LogP contribution in [0.2, 0.25) is 5.02 Å². The molecule has 0 aromatic heterocycles. The minimum absolute atomic E-state index is 0.0168. The van der Waals surface area contributed by atoms with Gasteiger partial charge in [-0.2, -0.15) is 0 Å². The number of carbonyl (C=O) groups excluding carboxylic acids is 1. The Morgan fingerprint density at radius 2 is 2.22 bits per heavy atom. The number of ether oxygens (including phenoxy) is 1. The molecule has 2 saturated heterocycles. The number of morpholine rings is 1. The van der Waals surface area contributed by atoms with Gasteiger partial charge in [-0.15, -0.1) is 0 Å². The molecule has 1 aliphatic carbocycles. The number of benzene rings is 1. The molecule has 0 spiro atoms. The molecule has 3 aliphatic rings. The molecule has 124 valence electrons. The van der Waals surface area contributed by atoms with Crippen molar-refractivity contribution in [3.05, 3.63) is 34.9 Å². The molecule has 4 rings (SSSR count). The van der Waals surface area contributed by atoms with E-state index in [9.17, 15) is 4.79 Å². The molecule has 1 N–H and O–H groups in total. The molecule has 2 heterocycles. The van der Waals surface area contributed by atoms with Crippen LogP contribution < -0.4 is 5.32 Å². The second-order valence-corrected chi connectivity index (χ2v) is 7.59. The van der Waals surface area contributed by atoms with Gasteiger partial charge in [0.05, 0.1) is 18.1 Å². The highest BCUT2D eigenvalue weighted by atomic mass is 35.5. The van der Waals surface area contributed by atoms with Crippen molar-refractivity contribution in [1.82, 2.24) is 10.2 Å². The predicted octanol–water partition coefficient (Wildman–Crippen LogP) is 2.46. The van der Waals surface area contributed by atoms with Crippen molar-refractivity contribution in [2.45, 2.75) is 38.0 Å². The van der Waals surface area contributed by atoms with Gasteiger partial charge >= 0.3 is 0 Å². The average molecular weight is 335 g/mol. The number of nitrogens with one attached hydrogen (secondary N) is 1. The van der Waals surface area contributed by atoms with E-state index in [0.29, 0.717) is 0 Å². The summed E-state index contributed by atoms with van der Waals surface area (Å²) in [7, 11) is 0. The summed E-state index contributed by atoms with van der Waals surface area (Å²) in [4.78, 5) is 14.8. The number of nitrogens with zero attached hydrogens (tertiary/aromatic N) is 1. The van der Waals surface area contributed by atoms with E-state index in [1.165, 1.54) is 18.4 Å². The van der Waals surface area contributed by atoms with Crippen LogP contribution in [0.4, 0.5) is 0 Å². The molecule has 4 nitrogen and oxygen atoms in total. The Morgan fingerprint density at radius 3 is 3.00 bits per heavy atom. The number of amides is 1. The van der Waals surface area contributed by atoms with Crippen molar-refractivity contribution >= 4 is 17.5 Å². The van der Waals surface area contributed by atoms with E-state index in [4.69, 9.17) is 16.3 Å². The zero-order chi connectivity index (χ0) is 15.8. The lowest BCUT2D eigenvalue weighted by Crippen LogP contribution is -2.45. The summed E-state index contributed by atoms with van der Waals surface area (Å²) < 4.78 is 6.02. The standard InChI is InChI=1S/C18H23ClN2O2/c19-14-3-1-2-13(6-14)9-21-10-15-7-16(17(11-21)23-15)18(22)20-8-12-4-5-12/h1-3,6,12,15-17H,4-5,7-11H2,(H,20,22). The zero-order valence-electron chi connectivity index (χ0n) is 13.2. The van der Waals surface area contributed by atoms with Crippen LogP contribution in [0.5, 0.6) is 0 Å². The second-order valence-electron chi connectivity index (χ2n) is 7.15. The maximum Gasteiger partial charge on any atom is 0.225 e. The highest BCUT2D eigenvalue weighted by molar-refractivity contribution is 6.30. The van der Waals surface area contributed by atoms with Gasteiger partial charge < -0.3 is 10.1 Å². The number of rotatable bonds is 5. The van der Waals surface area contributed by atoms with Crippen molar-refractivity contribution in [2.75, 3.05) is 19.6 Å². The number of likely N-dealkylation sites (tertiary alicyclic amines) is 1. The predicted molar refractivity (Wildman–Crippen MR) is 89.2 cm³/mol. The fraction of sp³-hybridized carbons (Fsp3) is 0.611. The van der Waals surface area contributed by atoms with Gasteiger partial charge in [-0.1, -0.05) is 23.7 Å². The third kappa shape index (κ3) is 3.70. The van der Waals surface area contributed by atoms with Crippen LogP contribution in [-0.2, 0) is 16.1 Å². The lowest BCUT2D eigenvalue weighted by atomic mass is 9.99. The smallest absolute Gasteiger partial charge is 0.225 e. The first-order chi connectivity index (χ1) is 11.2. The summed E-state index contributed by atoms with van der Waals surface area (Å²) in [5.41, 5.74) is 1.22. The molecule has 3 fully saturated rings. The third-order valence-electron chi connectivity index (χ3n) is 5.13. The lowest BCUT2D eigenvalue weighted by molar-refractivity contribution is -0.128. The summed E-state index contributed by atoms with van der Waals surface area (Å²) in [5, 5.41) is 3.89. The molecule has 2 aliphatic heterocycles. The first kappa shape index (κ1) is 15.4. The van der Waals surface area contributed by atoms with Gasteiger partial charge in [-0.25, -0.2) is 0 Å². The highest BCUT2D eigenvalue weighted by Crippen LogP contribution is 2.33. The maximum absolute atomic E-state index is 12.4. The quantitative estimate of drug-likeness (QED) is 0.899. The number of carbonyl (C=O) groups is 1. The van der Waals surface area contributed by atoms with Crippen molar-refractivity contribution in [3.8, 4) is 0 Å². The number of fused-ring (bicyclic) bond motifs is 2. The van der Waals surface area contributed by atoms with Crippen LogP contribution in [0, 0.1) is 11.8 Å². The van der Waals surface area contributed by atoms with Crippen LogP contribution in [0.25, 0.3) is 0 Å². The van der Waals surface area contributed by atoms with E-state index >= 15 is 0 Å². The number of halogens is 1. The number of hydrogen-bond donors (Lipinski definition) is 1. The molecular formula is C18H23ClN2O2. The summed E-state index contributed by atoms with van der Waals surface area (Å²) in [6.45, 7) is 3.44. The van der Waals surface area contributed by atoms with E-state index in [0.717, 1.165) is 43.5 Å². The molecule has 1 aromatic rings. The van der Waals surface area contributed by atoms with Gasteiger partial charge in [0.1, 0.15) is 0 Å². The van der Waals surface area contributed by atoms with Crippen LogP contribution in [0.3, 0.4) is 0 Å². The van der Waals surface area contributed by atoms with Crippen molar-refractivity contribution in [3.63, 3.8) is 0 Å². The topological polar surface area (TPSA) is 41.6 Å². The van der Waals surface area contributed by atoms with Crippen LogP contribution in [0.1, 0.15) is 24.8 Å². The fourth-order valence-corrected chi connectivity index (χ4v) is 3.95. The monoisotopic (exact) mass is 334 g/mol. The van der Waals surface area contributed by atoms with Crippen LogP contribution >= 0.6 is 11.6 Å². The Bertz CT molecular complexity index is 590. The zero-order valence-corrected chi connectivity index (χ0v) is 14.0. The molecule has 5 heteroatoms. The van der Waals surface area contributed by atoms with E-state index in [2.05, 4.69) is 16.3 Å². The molecule has 3 atom stereocenters. The van der Waals surface area contributed by atoms with Gasteiger partial charge in [-0.05, 0) is 42.9 Å². The Morgan fingerprint density at radius 1 is 1.35 bits per heavy atom. The lowest BCUT2D eigenvalue weighted by Gasteiger charge is -2.32. The van der Waals surface area contributed by atoms with Crippen LogP contribution in [0.15, 0.2) is 24.3 Å². The van der Waals surface area contributed by atoms with Gasteiger partial charge in [-0.3, -0.25) is 9.69 Å². The Hall–Kier alpha value is -1.10. The van der Waals surface area contributed by atoms with Gasteiger partial charge in [0.2, 0.25) is 5.91 Å². The van der Waals surface area contributed by atoms with E-state index in [-0.39, 0.29) is 24.0 Å². The first-order valence-corrected chi connectivity index (χ1v) is 8.95. The minimum Gasteiger partial charge on any atom is -0.371 e. The molecule has 1 aromatic carbocycles. The molecule has 2 bridgehead atoms. The summed E-state index contributed by atoms with van der Waals surface area (Å²) in [6.07, 6.45) is 3.60. The fourth-order valence-electron chi connectivity index (χ4n) is 3.73. The summed E-state index contributed by atoms with van der Waals surface area (Å²) >= 11 is 6.07. The van der Waals surface area contributed by atoms with Crippen LogP contribution in [-0.4, -0.2) is 42.6 Å². The third-order valence-corrected chi connectivity index (χ3v) is 5.36. The Labute approximate surface area is 142 Å². The van der Waals surface area contributed by atoms with E-state index in [1.54, 1.807) is 0 Å². The summed E-state index contributed by atoms with van der Waals surface area (Å²) in [5.74, 6) is 0.928. The van der Waals surface area contributed by atoms with Gasteiger partial charge in [0.15, 0.2) is 0 Å². The molecule has 3 unspecified atom stereocenters. The van der Waals surface area contributed by atoms with Gasteiger partial charge in [0, 0.05) is 31.2 Å². The minimum atomic E-state index is 0.0168. The molecule has 1 amide bonds. The molecule has 1 saturated carbocycles. The largest absolute Gasteiger partial charge is 0.371 e. The van der Waals surface area contributed by atoms with Crippen molar-refractivity contribution in [1.29, 1.82) is 0 Å².